The number of benzene rings is 2. The zero-order valence-electron chi connectivity index (χ0n) is 15.2. The van der Waals surface area contributed by atoms with Crippen LogP contribution in [0.5, 0.6) is 17.2 Å². The molecule has 0 atom stereocenters. The van der Waals surface area contributed by atoms with Crippen LogP contribution < -0.4 is 4.74 Å². The van der Waals surface area contributed by atoms with Gasteiger partial charge in [0.1, 0.15) is 23.9 Å². The van der Waals surface area contributed by atoms with Gasteiger partial charge in [-0.3, -0.25) is 0 Å². The first kappa shape index (κ1) is 19.4. The molecule has 0 fully saturated rings. The third kappa shape index (κ3) is 5.27. The van der Waals surface area contributed by atoms with Crippen LogP contribution in [-0.4, -0.2) is 27.5 Å². The van der Waals surface area contributed by atoms with Gasteiger partial charge in [0, 0.05) is 5.56 Å². The second-order valence-electron chi connectivity index (χ2n) is 6.61. The lowest BCUT2D eigenvalue weighted by atomic mass is 10.0. The number of phenols is 1. The van der Waals surface area contributed by atoms with Crippen molar-refractivity contribution in [1.82, 2.24) is 0 Å². The minimum absolute atomic E-state index is 0.192. The molecule has 0 amide bonds. The molecular weight excluding hydrogens is 337 g/mol. The lowest BCUT2D eigenvalue weighted by Gasteiger charge is -2.15. The highest BCUT2D eigenvalue weighted by atomic mass is 31.2. The topological polar surface area (TPSA) is 82.3 Å². The average molecular weight is 362 g/mol. The first-order valence-corrected chi connectivity index (χ1v) is 10.3. The summed E-state index contributed by atoms with van der Waals surface area (Å²) in [6.45, 7) is 9.21. The first-order chi connectivity index (χ1) is 11.6. The number of nitrogens with zero attached hydrogens (tertiary/aromatic N) is 1. The predicted octanol–water partition coefficient (Wildman–Crippen LogP) is 5.05. The Morgan fingerprint density at radius 2 is 1.68 bits per heavy atom. The van der Waals surface area contributed by atoms with Crippen LogP contribution in [0.1, 0.15) is 36.5 Å². The average Bonchev–Trinajstić information content (AvgIpc) is 2.49. The van der Waals surface area contributed by atoms with Crippen molar-refractivity contribution in [1.29, 1.82) is 0 Å². The van der Waals surface area contributed by atoms with E-state index in [9.17, 15) is 14.9 Å². The van der Waals surface area contributed by atoms with Crippen molar-refractivity contribution in [2.45, 2.75) is 33.6 Å². The van der Waals surface area contributed by atoms with E-state index in [1.807, 2.05) is 45.9 Å². The summed E-state index contributed by atoms with van der Waals surface area (Å²) in [6.07, 6.45) is 0. The summed E-state index contributed by atoms with van der Waals surface area (Å²) in [5.41, 5.74) is 3.26. The molecule has 2 rings (SSSR count). The Morgan fingerprint density at radius 1 is 1.08 bits per heavy atom. The van der Waals surface area contributed by atoms with Crippen LogP contribution in [0, 0.1) is 13.8 Å². The molecule has 0 aliphatic rings. The lowest BCUT2D eigenvalue weighted by molar-refractivity contribution is 0.452. The fourth-order valence-electron chi connectivity index (χ4n) is 2.52. The van der Waals surface area contributed by atoms with Gasteiger partial charge in [-0.2, -0.15) is 0 Å². The molecule has 25 heavy (non-hydrogen) atoms. The number of hydrogen-bond donors (Lipinski definition) is 3. The maximum absolute atomic E-state index is 9.93. The zero-order chi connectivity index (χ0) is 18.8. The molecule has 0 saturated heterocycles. The van der Waals surface area contributed by atoms with Gasteiger partial charge in [0.2, 0.25) is 5.96 Å². The Labute approximate surface area is 149 Å². The molecule has 2 aromatic rings. The number of rotatable bonds is 5. The normalized spacial score (nSPS) is 12.2. The summed E-state index contributed by atoms with van der Waals surface area (Å²) in [6, 6.07) is 8.88. The standard InChI is InChI=1S/C19H24NO4P/c1-12(2)17-10-16(6-7-18(17)21)24-19-13(3)8-15(9-14(19)4)20-11-25(5,22)23/h6-12,22-23H,1-5H3/p+1. The highest BCUT2D eigenvalue weighted by Gasteiger charge is 2.21. The van der Waals surface area contributed by atoms with Crippen LogP contribution in [0.4, 0.5) is 5.69 Å². The molecule has 6 heteroatoms. The van der Waals surface area contributed by atoms with E-state index < -0.39 is 7.72 Å². The number of aryl methyl sites for hydroxylation is 2. The number of phenolic OH excluding ortho intramolecular Hbond substituents is 1. The molecule has 0 spiro atoms. The van der Waals surface area contributed by atoms with E-state index in [4.69, 9.17) is 4.74 Å². The number of aliphatic imine (C=N–C) groups is 1. The molecular formula is C19H25NO4P+. The molecule has 134 valence electrons. The minimum atomic E-state index is -3.04. The fourth-order valence-corrected chi connectivity index (χ4v) is 2.87. The summed E-state index contributed by atoms with van der Waals surface area (Å²) in [7, 11) is -3.04. The van der Waals surface area contributed by atoms with Gasteiger partial charge >= 0.3 is 7.72 Å². The quantitative estimate of drug-likeness (QED) is 0.514. The highest BCUT2D eigenvalue weighted by Crippen LogP contribution is 2.42. The van der Waals surface area contributed by atoms with Crippen LogP contribution in [-0.2, 0) is 0 Å². The molecule has 3 N–H and O–H groups in total. The Bertz CT molecular complexity index is 771. The molecule has 0 aliphatic heterocycles. The summed E-state index contributed by atoms with van der Waals surface area (Å²) < 4.78 is 6.03. The molecule has 0 saturated carbocycles. The van der Waals surface area contributed by atoms with Crippen LogP contribution in [0.3, 0.4) is 0 Å². The van der Waals surface area contributed by atoms with E-state index in [0.717, 1.165) is 22.4 Å². The number of aromatic hydroxyl groups is 1. The monoisotopic (exact) mass is 362 g/mol. The Hall–Kier alpha value is -1.94. The molecule has 0 aromatic heterocycles. The fraction of sp³-hybridized carbons (Fsp3) is 0.316. The second kappa shape index (κ2) is 7.52. The van der Waals surface area contributed by atoms with Crippen LogP contribution in [0.2, 0.25) is 0 Å². The maximum Gasteiger partial charge on any atom is 0.308 e. The highest BCUT2D eigenvalue weighted by molar-refractivity contribution is 7.78. The Balaban J connectivity index is 2.32. The molecule has 0 radical (unpaired) electrons. The molecule has 2 aromatic carbocycles. The Morgan fingerprint density at radius 3 is 2.20 bits per heavy atom. The number of hydrogen-bond acceptors (Lipinski definition) is 5. The lowest BCUT2D eigenvalue weighted by Crippen LogP contribution is -1.94. The van der Waals surface area contributed by atoms with Gasteiger partial charge in [0.05, 0.1) is 5.69 Å². The van der Waals surface area contributed by atoms with E-state index in [0.29, 0.717) is 11.4 Å². The van der Waals surface area contributed by atoms with Crippen molar-refractivity contribution in [3.63, 3.8) is 0 Å². The molecule has 0 bridgehead atoms. The van der Waals surface area contributed by atoms with Gasteiger partial charge < -0.3 is 9.84 Å². The SMILES string of the molecule is Cc1cc(N=C[P+](C)(O)O)cc(C)c1Oc1ccc(O)c(C(C)C)c1. The van der Waals surface area contributed by atoms with Gasteiger partial charge in [0.25, 0.3) is 0 Å². The summed E-state index contributed by atoms with van der Waals surface area (Å²) in [5.74, 6) is 3.03. The maximum atomic E-state index is 9.93. The van der Waals surface area contributed by atoms with Gasteiger partial charge in [-0.15, -0.1) is 0 Å². The summed E-state index contributed by atoms with van der Waals surface area (Å²) >= 11 is 0. The van der Waals surface area contributed by atoms with Gasteiger partial charge in [-0.05, 0) is 61.2 Å². The van der Waals surface area contributed by atoms with E-state index in [-0.39, 0.29) is 11.7 Å². The zero-order valence-corrected chi connectivity index (χ0v) is 16.1. The van der Waals surface area contributed by atoms with Crippen molar-refractivity contribution in [3.8, 4) is 17.2 Å². The molecule has 5 nitrogen and oxygen atoms in total. The second-order valence-corrected chi connectivity index (χ2v) is 8.80. The van der Waals surface area contributed by atoms with E-state index in [2.05, 4.69) is 4.99 Å². The van der Waals surface area contributed by atoms with Crippen molar-refractivity contribution < 1.29 is 19.6 Å². The van der Waals surface area contributed by atoms with Gasteiger partial charge in [-0.1, -0.05) is 13.8 Å². The largest absolute Gasteiger partial charge is 0.508 e. The van der Waals surface area contributed by atoms with Crippen molar-refractivity contribution in [2.75, 3.05) is 6.66 Å². The summed E-state index contributed by atoms with van der Waals surface area (Å²) in [5, 5.41) is 9.93. The van der Waals surface area contributed by atoms with Crippen molar-refractivity contribution >= 4 is 19.4 Å². The van der Waals surface area contributed by atoms with Gasteiger partial charge in [0.15, 0.2) is 0 Å². The molecule has 0 unspecified atom stereocenters. The summed E-state index contributed by atoms with van der Waals surface area (Å²) in [4.78, 5) is 23.0. The minimum Gasteiger partial charge on any atom is -0.508 e. The van der Waals surface area contributed by atoms with Crippen LogP contribution in [0.15, 0.2) is 35.3 Å². The Kier molecular flexibility index (Phi) is 5.83. The molecule has 0 heterocycles. The smallest absolute Gasteiger partial charge is 0.308 e. The van der Waals surface area contributed by atoms with E-state index in [1.165, 1.54) is 12.6 Å². The van der Waals surface area contributed by atoms with Crippen LogP contribution >= 0.6 is 7.72 Å². The third-order valence-electron chi connectivity index (χ3n) is 3.71. The third-order valence-corrected chi connectivity index (χ3v) is 4.26. The van der Waals surface area contributed by atoms with Crippen molar-refractivity contribution in [2.24, 2.45) is 4.99 Å². The van der Waals surface area contributed by atoms with E-state index >= 15 is 0 Å². The number of ether oxygens (including phenoxy) is 1. The van der Waals surface area contributed by atoms with Crippen molar-refractivity contribution in [3.05, 3.63) is 47.0 Å². The van der Waals surface area contributed by atoms with E-state index in [1.54, 1.807) is 12.1 Å². The molecule has 0 aliphatic carbocycles. The first-order valence-electron chi connectivity index (χ1n) is 8.06. The van der Waals surface area contributed by atoms with Crippen LogP contribution in [0.25, 0.3) is 0 Å². The predicted molar refractivity (Wildman–Crippen MR) is 104 cm³/mol. The van der Waals surface area contributed by atoms with Gasteiger partial charge in [-0.25, -0.2) is 14.8 Å².